The first-order chi connectivity index (χ1) is 11.7. The molecule has 0 radical (unpaired) electrons. The average Bonchev–Trinajstić information content (AvgIpc) is 3.12. The second kappa shape index (κ2) is 6.69. The molecule has 1 amide bonds. The fourth-order valence-electron chi connectivity index (χ4n) is 3.31. The molecule has 25 heavy (non-hydrogen) atoms. The van der Waals surface area contributed by atoms with Crippen molar-refractivity contribution in [3.05, 3.63) is 12.4 Å². The molecule has 1 aromatic heterocycles. The lowest BCUT2D eigenvalue weighted by Gasteiger charge is -2.35. The molecule has 7 nitrogen and oxygen atoms in total. The molecule has 0 N–H and O–H groups in total. The van der Waals surface area contributed by atoms with Crippen molar-refractivity contribution in [2.75, 3.05) is 24.6 Å². The molecule has 0 unspecified atom stereocenters. The van der Waals surface area contributed by atoms with Gasteiger partial charge in [0.25, 0.3) is 0 Å². The normalized spacial score (nSPS) is 22.6. The second-order valence-corrected chi connectivity index (χ2v) is 8.25. The maximum Gasteiger partial charge on any atom is 0.410 e. The Hall–Kier alpha value is -2.05. The minimum atomic E-state index is -0.464. The van der Waals surface area contributed by atoms with Crippen molar-refractivity contribution in [3.8, 4) is 5.88 Å². The van der Waals surface area contributed by atoms with Crippen molar-refractivity contribution in [2.24, 2.45) is 5.92 Å². The predicted octanol–water partition coefficient (Wildman–Crippen LogP) is 2.71. The number of rotatable bonds is 4. The van der Waals surface area contributed by atoms with Crippen LogP contribution in [0, 0.1) is 5.92 Å². The Morgan fingerprint density at radius 3 is 2.64 bits per heavy atom. The number of carbonyl (C=O) groups is 1. The van der Waals surface area contributed by atoms with Crippen molar-refractivity contribution in [1.29, 1.82) is 0 Å². The van der Waals surface area contributed by atoms with Gasteiger partial charge in [-0.1, -0.05) is 13.8 Å². The summed E-state index contributed by atoms with van der Waals surface area (Å²) in [4.78, 5) is 25.0. The number of hydrogen-bond acceptors (Lipinski definition) is 6. The Morgan fingerprint density at radius 1 is 1.28 bits per heavy atom. The van der Waals surface area contributed by atoms with Crippen LogP contribution in [0.5, 0.6) is 5.88 Å². The molecule has 0 saturated carbocycles. The van der Waals surface area contributed by atoms with Gasteiger partial charge in [0.1, 0.15) is 17.7 Å². The van der Waals surface area contributed by atoms with Crippen molar-refractivity contribution in [3.63, 3.8) is 0 Å². The van der Waals surface area contributed by atoms with Crippen molar-refractivity contribution in [1.82, 2.24) is 14.9 Å². The molecule has 0 spiro atoms. The molecule has 3 heterocycles. The largest absolute Gasteiger partial charge is 0.477 e. The SMILES string of the molecule is CC(C)COc1cc(N2C[C@@H]3C[C@H]2CN3C(=O)OC(C)(C)C)ncn1. The van der Waals surface area contributed by atoms with Gasteiger partial charge in [-0.15, -0.1) is 0 Å². The van der Waals surface area contributed by atoms with Gasteiger partial charge in [-0.05, 0) is 33.1 Å². The van der Waals surface area contributed by atoms with Crippen LogP contribution in [0.15, 0.2) is 12.4 Å². The summed E-state index contributed by atoms with van der Waals surface area (Å²) in [5.74, 6) is 1.92. The number of nitrogens with zero attached hydrogens (tertiary/aromatic N) is 4. The van der Waals surface area contributed by atoms with Crippen LogP contribution < -0.4 is 9.64 Å². The number of aromatic nitrogens is 2. The van der Waals surface area contributed by atoms with Crippen LogP contribution in [0.4, 0.5) is 10.6 Å². The fraction of sp³-hybridized carbons (Fsp3) is 0.722. The number of amides is 1. The van der Waals surface area contributed by atoms with E-state index in [2.05, 4.69) is 28.7 Å². The van der Waals surface area contributed by atoms with Gasteiger partial charge in [0, 0.05) is 19.2 Å². The second-order valence-electron chi connectivity index (χ2n) is 8.25. The van der Waals surface area contributed by atoms with Crippen molar-refractivity contribution < 1.29 is 14.3 Å². The quantitative estimate of drug-likeness (QED) is 0.833. The molecule has 2 saturated heterocycles. The van der Waals surface area contributed by atoms with E-state index < -0.39 is 5.60 Å². The first-order valence-electron chi connectivity index (χ1n) is 8.94. The summed E-state index contributed by atoms with van der Waals surface area (Å²) in [6.45, 7) is 12.0. The van der Waals surface area contributed by atoms with Gasteiger partial charge in [0.2, 0.25) is 5.88 Å². The monoisotopic (exact) mass is 348 g/mol. The fourth-order valence-corrected chi connectivity index (χ4v) is 3.31. The van der Waals surface area contributed by atoms with Crippen molar-refractivity contribution >= 4 is 11.9 Å². The number of anilines is 1. The van der Waals surface area contributed by atoms with Gasteiger partial charge < -0.3 is 19.3 Å². The van der Waals surface area contributed by atoms with Crippen LogP contribution >= 0.6 is 0 Å². The summed E-state index contributed by atoms with van der Waals surface area (Å²) in [7, 11) is 0. The van der Waals surface area contributed by atoms with E-state index in [4.69, 9.17) is 9.47 Å². The lowest BCUT2D eigenvalue weighted by Crippen LogP contribution is -2.50. The number of piperazine rings is 1. The van der Waals surface area contributed by atoms with E-state index in [-0.39, 0.29) is 18.2 Å². The molecule has 138 valence electrons. The van der Waals surface area contributed by atoms with E-state index in [9.17, 15) is 4.79 Å². The molecule has 0 aliphatic carbocycles. The highest BCUT2D eigenvalue weighted by Crippen LogP contribution is 2.35. The lowest BCUT2D eigenvalue weighted by atomic mass is 10.2. The number of hydrogen-bond donors (Lipinski definition) is 0. The third-order valence-corrected chi connectivity index (χ3v) is 4.35. The van der Waals surface area contributed by atoms with E-state index in [1.54, 1.807) is 6.33 Å². The zero-order valence-electron chi connectivity index (χ0n) is 15.7. The molecule has 1 aromatic rings. The summed E-state index contributed by atoms with van der Waals surface area (Å²) in [5, 5.41) is 0. The van der Waals surface area contributed by atoms with E-state index in [1.165, 1.54) is 0 Å². The Kier molecular flexibility index (Phi) is 4.75. The molecule has 2 atom stereocenters. The number of fused-ring (bicyclic) bond motifs is 2. The van der Waals surface area contributed by atoms with E-state index in [0.29, 0.717) is 24.9 Å². The molecule has 2 bridgehead atoms. The Labute approximate surface area is 149 Å². The van der Waals surface area contributed by atoms with Crippen LogP contribution in [0.3, 0.4) is 0 Å². The standard InChI is InChI=1S/C18H28N4O3/c1-12(2)10-24-16-7-15(19-11-20-16)21-8-14-6-13(21)9-22(14)17(23)25-18(3,4)5/h7,11-14H,6,8-10H2,1-5H3/t13-,14-/m0/s1. The predicted molar refractivity (Wildman–Crippen MR) is 94.8 cm³/mol. The molecular formula is C18H28N4O3. The molecule has 0 aromatic carbocycles. The molecule has 7 heteroatoms. The Morgan fingerprint density at radius 2 is 2.04 bits per heavy atom. The molecule has 2 aliphatic heterocycles. The molecular weight excluding hydrogens is 320 g/mol. The maximum absolute atomic E-state index is 12.3. The summed E-state index contributed by atoms with van der Waals surface area (Å²) < 4.78 is 11.2. The minimum Gasteiger partial charge on any atom is -0.477 e. The Bertz CT molecular complexity index is 629. The highest BCUT2D eigenvalue weighted by atomic mass is 16.6. The summed E-state index contributed by atoms with van der Waals surface area (Å²) in [6.07, 6.45) is 2.27. The van der Waals surface area contributed by atoms with Gasteiger partial charge in [0.05, 0.1) is 18.7 Å². The zero-order chi connectivity index (χ0) is 18.2. The summed E-state index contributed by atoms with van der Waals surface area (Å²) in [6, 6.07) is 2.33. The van der Waals surface area contributed by atoms with Crippen LogP contribution in [0.2, 0.25) is 0 Å². The number of ether oxygens (including phenoxy) is 2. The van der Waals surface area contributed by atoms with Crippen LogP contribution in [-0.2, 0) is 4.74 Å². The van der Waals surface area contributed by atoms with Crippen LogP contribution in [0.1, 0.15) is 41.0 Å². The first-order valence-corrected chi connectivity index (χ1v) is 8.94. The number of likely N-dealkylation sites (tertiary alicyclic amines) is 1. The van der Waals surface area contributed by atoms with Gasteiger partial charge in [0.15, 0.2) is 0 Å². The van der Waals surface area contributed by atoms with E-state index >= 15 is 0 Å². The smallest absolute Gasteiger partial charge is 0.410 e. The molecule has 3 rings (SSSR count). The van der Waals surface area contributed by atoms with Gasteiger partial charge in [-0.2, -0.15) is 0 Å². The van der Waals surface area contributed by atoms with Crippen LogP contribution in [0.25, 0.3) is 0 Å². The Balaban J connectivity index is 1.63. The maximum atomic E-state index is 12.3. The van der Waals surface area contributed by atoms with Gasteiger partial charge in [-0.25, -0.2) is 14.8 Å². The summed E-state index contributed by atoms with van der Waals surface area (Å²) in [5.41, 5.74) is -0.464. The van der Waals surface area contributed by atoms with Crippen molar-refractivity contribution in [2.45, 2.75) is 58.7 Å². The molecule has 2 aliphatic rings. The third-order valence-electron chi connectivity index (χ3n) is 4.35. The van der Waals surface area contributed by atoms with E-state index in [1.807, 2.05) is 31.7 Å². The molecule has 2 fully saturated rings. The third kappa shape index (κ3) is 4.14. The van der Waals surface area contributed by atoms with Gasteiger partial charge >= 0.3 is 6.09 Å². The highest BCUT2D eigenvalue weighted by molar-refractivity contribution is 5.70. The number of carbonyl (C=O) groups excluding carboxylic acids is 1. The summed E-state index contributed by atoms with van der Waals surface area (Å²) >= 11 is 0. The van der Waals surface area contributed by atoms with E-state index in [0.717, 1.165) is 18.8 Å². The minimum absolute atomic E-state index is 0.176. The van der Waals surface area contributed by atoms with Gasteiger partial charge in [-0.3, -0.25) is 0 Å². The lowest BCUT2D eigenvalue weighted by molar-refractivity contribution is 0.0214. The first kappa shape index (κ1) is 17.8. The topological polar surface area (TPSA) is 67.8 Å². The highest BCUT2D eigenvalue weighted by Gasteiger charge is 2.47. The zero-order valence-corrected chi connectivity index (χ0v) is 15.7. The average molecular weight is 348 g/mol. The van der Waals surface area contributed by atoms with Crippen LogP contribution in [-0.4, -0.2) is 58.3 Å².